The van der Waals surface area contributed by atoms with Crippen LogP contribution in [0, 0.1) is 5.82 Å². The minimum Gasteiger partial charge on any atom is -0.467 e. The number of anilines is 1. The Morgan fingerprint density at radius 1 is 1.06 bits per heavy atom. The number of hydrogen-bond donors (Lipinski definition) is 0. The largest absolute Gasteiger partial charge is 0.467 e. The van der Waals surface area contributed by atoms with Crippen LogP contribution >= 0.6 is 11.6 Å². The second-order valence-corrected chi connectivity index (χ2v) is 8.22. The Morgan fingerprint density at radius 3 is 2.48 bits per heavy atom. The Bertz CT molecular complexity index is 1200. The Hall–Kier alpha value is -3.38. The summed E-state index contributed by atoms with van der Waals surface area (Å²) in [5.74, 6) is -0.493. The Kier molecular flexibility index (Phi) is 4.48. The highest BCUT2D eigenvalue weighted by Gasteiger charge is 2.55. The highest BCUT2D eigenvalue weighted by atomic mass is 35.5. The predicted molar refractivity (Wildman–Crippen MR) is 115 cm³/mol. The number of fused-ring (bicyclic) bond motifs is 4. The average Bonchev–Trinajstić information content (AvgIpc) is 2.75. The summed E-state index contributed by atoms with van der Waals surface area (Å²) in [5, 5.41) is 0.485. The normalized spacial score (nSPS) is 22.0. The van der Waals surface area contributed by atoms with Crippen molar-refractivity contribution in [2.24, 2.45) is 0 Å². The smallest absolute Gasteiger partial charge is 0.335 e. The molecule has 31 heavy (non-hydrogen) atoms. The first-order valence-corrected chi connectivity index (χ1v) is 10.2. The number of nitrogens with zero attached hydrogens (tertiary/aromatic N) is 2. The number of carbonyl (C=O) groups is 2. The molecule has 2 heterocycles. The molecule has 7 heteroatoms. The topological polar surface area (TPSA) is 49.9 Å². The average molecular weight is 437 g/mol. The van der Waals surface area contributed by atoms with Crippen molar-refractivity contribution < 1.29 is 18.7 Å². The lowest BCUT2D eigenvalue weighted by Crippen LogP contribution is -2.67. The molecular weight excluding hydrogens is 419 g/mol. The molecule has 3 amide bonds. The lowest BCUT2D eigenvalue weighted by atomic mass is 9.88. The molecule has 2 aliphatic rings. The molecule has 0 saturated carbocycles. The summed E-state index contributed by atoms with van der Waals surface area (Å²) in [7, 11) is 0. The van der Waals surface area contributed by atoms with Gasteiger partial charge in [0, 0.05) is 22.6 Å². The van der Waals surface area contributed by atoms with Crippen molar-refractivity contribution >= 4 is 29.2 Å². The number of para-hydroxylation sites is 2. The van der Waals surface area contributed by atoms with Gasteiger partial charge in [-0.25, -0.2) is 9.18 Å². The molecular formula is C24H18ClFN2O3. The lowest BCUT2D eigenvalue weighted by Gasteiger charge is -2.53. The first-order chi connectivity index (χ1) is 14.9. The minimum atomic E-state index is -1.16. The number of urea groups is 1. The molecule has 2 atom stereocenters. The summed E-state index contributed by atoms with van der Waals surface area (Å²) in [5.41, 5.74) is -0.0425. The van der Waals surface area contributed by atoms with E-state index < -0.39 is 29.5 Å². The molecule has 0 spiro atoms. The van der Waals surface area contributed by atoms with Gasteiger partial charge in [-0.05, 0) is 49.4 Å². The fourth-order valence-electron chi connectivity index (χ4n) is 4.36. The third-order valence-electron chi connectivity index (χ3n) is 5.77. The van der Waals surface area contributed by atoms with Gasteiger partial charge in [0.15, 0.2) is 5.72 Å². The molecule has 3 aromatic carbocycles. The number of imide groups is 1. The van der Waals surface area contributed by atoms with E-state index in [2.05, 4.69) is 0 Å². The van der Waals surface area contributed by atoms with Crippen LogP contribution in [0.15, 0.2) is 72.8 Å². The third kappa shape index (κ3) is 3.06. The number of hydrogen-bond acceptors (Lipinski definition) is 3. The molecule has 5 nitrogen and oxygen atoms in total. The highest BCUT2D eigenvalue weighted by Crippen LogP contribution is 2.49. The van der Waals surface area contributed by atoms with Crippen molar-refractivity contribution in [1.82, 2.24) is 4.90 Å². The van der Waals surface area contributed by atoms with Crippen molar-refractivity contribution in [3.8, 4) is 5.75 Å². The van der Waals surface area contributed by atoms with Gasteiger partial charge in [-0.3, -0.25) is 14.6 Å². The van der Waals surface area contributed by atoms with E-state index in [-0.39, 0.29) is 5.69 Å². The zero-order chi connectivity index (χ0) is 21.8. The molecule has 2 bridgehead atoms. The fourth-order valence-corrected chi connectivity index (χ4v) is 4.48. The molecule has 0 aromatic heterocycles. The van der Waals surface area contributed by atoms with Crippen molar-refractivity contribution in [2.45, 2.75) is 25.1 Å². The molecule has 0 radical (unpaired) electrons. The van der Waals surface area contributed by atoms with Crippen LogP contribution in [-0.2, 0) is 0 Å². The molecule has 3 aromatic rings. The zero-order valence-electron chi connectivity index (χ0n) is 16.6. The summed E-state index contributed by atoms with van der Waals surface area (Å²) in [6.45, 7) is 1.74. The van der Waals surface area contributed by atoms with E-state index >= 15 is 0 Å². The number of halogens is 2. The third-order valence-corrected chi connectivity index (χ3v) is 6.02. The van der Waals surface area contributed by atoms with E-state index in [9.17, 15) is 14.0 Å². The maximum Gasteiger partial charge on any atom is 0.335 e. The standard InChI is InChI=1S/C24H18ClFN2O3/c1-24-14-20(17-6-2-5-9-21(17)31-24)27(22(29)15-10-12-16(25)13-11-15)23(30)28(24)19-8-4-3-7-18(19)26/h2-13,20H,14H2,1H3. The molecule has 1 saturated heterocycles. The van der Waals surface area contributed by atoms with E-state index in [1.165, 1.54) is 21.9 Å². The molecule has 0 aliphatic carbocycles. The second-order valence-electron chi connectivity index (χ2n) is 7.79. The lowest BCUT2D eigenvalue weighted by molar-refractivity contribution is 0.00227. The van der Waals surface area contributed by atoms with Crippen molar-refractivity contribution in [2.75, 3.05) is 4.90 Å². The summed E-state index contributed by atoms with van der Waals surface area (Å²) in [4.78, 5) is 29.7. The van der Waals surface area contributed by atoms with Gasteiger partial charge < -0.3 is 4.74 Å². The van der Waals surface area contributed by atoms with Gasteiger partial charge >= 0.3 is 6.03 Å². The zero-order valence-corrected chi connectivity index (χ0v) is 17.3. The summed E-state index contributed by atoms with van der Waals surface area (Å²) < 4.78 is 21.0. The summed E-state index contributed by atoms with van der Waals surface area (Å²) in [6.07, 6.45) is 0.295. The van der Waals surface area contributed by atoms with Crippen LogP contribution in [0.5, 0.6) is 5.75 Å². The van der Waals surface area contributed by atoms with Crippen LogP contribution in [0.2, 0.25) is 5.02 Å². The van der Waals surface area contributed by atoms with Crippen molar-refractivity contribution in [3.63, 3.8) is 0 Å². The number of carbonyl (C=O) groups excluding carboxylic acids is 2. The molecule has 2 aliphatic heterocycles. The van der Waals surface area contributed by atoms with Crippen LogP contribution in [-0.4, -0.2) is 22.6 Å². The highest BCUT2D eigenvalue weighted by molar-refractivity contribution is 6.30. The van der Waals surface area contributed by atoms with Crippen LogP contribution < -0.4 is 9.64 Å². The summed E-state index contributed by atoms with van der Waals surface area (Å²) in [6, 6.07) is 18.4. The van der Waals surface area contributed by atoms with Gasteiger partial charge in [0.05, 0.1) is 11.7 Å². The van der Waals surface area contributed by atoms with Crippen molar-refractivity contribution in [3.05, 3.63) is 94.8 Å². The molecule has 1 fully saturated rings. The quantitative estimate of drug-likeness (QED) is 0.510. The Balaban J connectivity index is 1.68. The predicted octanol–water partition coefficient (Wildman–Crippen LogP) is 5.80. The van der Waals surface area contributed by atoms with Crippen LogP contribution in [0.4, 0.5) is 14.9 Å². The maximum absolute atomic E-state index is 14.8. The second kappa shape index (κ2) is 7.10. The first kappa shape index (κ1) is 19.6. The monoisotopic (exact) mass is 436 g/mol. The van der Waals surface area contributed by atoms with Gasteiger partial charge in [-0.15, -0.1) is 0 Å². The SMILES string of the molecule is CC12CC(c3ccccc3O1)N(C(=O)c1ccc(Cl)cc1)C(=O)N2c1ccccc1F. The Morgan fingerprint density at radius 2 is 1.74 bits per heavy atom. The van der Waals surface area contributed by atoms with E-state index in [1.807, 2.05) is 18.2 Å². The van der Waals surface area contributed by atoms with E-state index in [1.54, 1.807) is 49.4 Å². The van der Waals surface area contributed by atoms with Crippen LogP contribution in [0.25, 0.3) is 0 Å². The molecule has 0 N–H and O–H groups in total. The van der Waals surface area contributed by atoms with Gasteiger partial charge in [-0.2, -0.15) is 0 Å². The first-order valence-electron chi connectivity index (χ1n) is 9.85. The number of rotatable bonds is 2. The number of ether oxygens (including phenoxy) is 1. The van der Waals surface area contributed by atoms with Gasteiger partial charge in [0.1, 0.15) is 11.6 Å². The fraction of sp³-hybridized carbons (Fsp3) is 0.167. The molecule has 2 unspecified atom stereocenters. The Labute approximate surface area is 183 Å². The summed E-state index contributed by atoms with van der Waals surface area (Å²) >= 11 is 5.96. The number of amides is 3. The van der Waals surface area contributed by atoms with E-state index in [4.69, 9.17) is 16.3 Å². The van der Waals surface area contributed by atoms with Crippen LogP contribution in [0.3, 0.4) is 0 Å². The van der Waals surface area contributed by atoms with Crippen molar-refractivity contribution in [1.29, 1.82) is 0 Å². The molecule has 156 valence electrons. The van der Waals surface area contributed by atoms with Gasteiger partial charge in [-0.1, -0.05) is 41.9 Å². The van der Waals surface area contributed by atoms with Crippen LogP contribution in [0.1, 0.15) is 35.3 Å². The van der Waals surface area contributed by atoms with Gasteiger partial charge in [0.25, 0.3) is 5.91 Å². The maximum atomic E-state index is 14.8. The minimum absolute atomic E-state index is 0.0572. The number of benzene rings is 3. The van der Waals surface area contributed by atoms with Gasteiger partial charge in [0.2, 0.25) is 0 Å². The van der Waals surface area contributed by atoms with E-state index in [0.717, 1.165) is 5.56 Å². The van der Waals surface area contributed by atoms with E-state index in [0.29, 0.717) is 22.8 Å². The molecule has 5 rings (SSSR count).